The van der Waals surface area contributed by atoms with E-state index in [2.05, 4.69) is 20.3 Å². The standard InChI is InChI=1S/C19H14N4O2S/c24-17(23-19-20-9-10-26-19)12-5-7-13(8-6-12)21-11-15-14-3-1-2-4-16(14)22-18(15)25/h1-11,22,25H,(H,20,23,24). The van der Waals surface area contributed by atoms with Gasteiger partial charge < -0.3 is 10.1 Å². The molecule has 0 aliphatic carbocycles. The molecule has 2 aromatic carbocycles. The number of hydrogen-bond donors (Lipinski definition) is 3. The van der Waals surface area contributed by atoms with Gasteiger partial charge in [-0.15, -0.1) is 11.3 Å². The van der Waals surface area contributed by atoms with Crippen LogP contribution in [0, 0.1) is 0 Å². The molecule has 0 aliphatic heterocycles. The number of H-pyrrole nitrogens is 1. The Labute approximate surface area is 152 Å². The second-order valence-electron chi connectivity index (χ2n) is 5.53. The second-order valence-corrected chi connectivity index (χ2v) is 6.42. The van der Waals surface area contributed by atoms with Crippen molar-refractivity contribution < 1.29 is 9.90 Å². The monoisotopic (exact) mass is 362 g/mol. The molecule has 0 bridgehead atoms. The molecule has 4 aromatic rings. The number of carbonyl (C=O) groups excluding carboxylic acids is 1. The molecule has 2 heterocycles. The fraction of sp³-hybridized carbons (Fsp3) is 0. The quantitative estimate of drug-likeness (QED) is 0.472. The molecular weight excluding hydrogens is 348 g/mol. The van der Waals surface area contributed by atoms with E-state index < -0.39 is 0 Å². The fourth-order valence-electron chi connectivity index (χ4n) is 2.57. The van der Waals surface area contributed by atoms with Crippen molar-refractivity contribution in [2.24, 2.45) is 4.99 Å². The molecule has 0 unspecified atom stereocenters. The van der Waals surface area contributed by atoms with Gasteiger partial charge >= 0.3 is 0 Å². The van der Waals surface area contributed by atoms with Crippen LogP contribution in [0.5, 0.6) is 5.88 Å². The van der Waals surface area contributed by atoms with Crippen molar-refractivity contribution in [3.8, 4) is 5.88 Å². The van der Waals surface area contributed by atoms with Crippen LogP contribution in [0.3, 0.4) is 0 Å². The van der Waals surface area contributed by atoms with E-state index in [1.807, 2.05) is 24.3 Å². The van der Waals surface area contributed by atoms with Crippen LogP contribution in [0.25, 0.3) is 10.9 Å². The first-order valence-electron chi connectivity index (χ1n) is 7.85. The third-order valence-corrected chi connectivity index (χ3v) is 4.54. The first-order chi connectivity index (χ1) is 12.7. The number of hydrogen-bond acceptors (Lipinski definition) is 5. The topological polar surface area (TPSA) is 90.4 Å². The highest BCUT2D eigenvalue weighted by atomic mass is 32.1. The second kappa shape index (κ2) is 6.81. The van der Waals surface area contributed by atoms with Crippen molar-refractivity contribution in [1.29, 1.82) is 0 Å². The number of benzene rings is 2. The van der Waals surface area contributed by atoms with Gasteiger partial charge in [0, 0.05) is 34.3 Å². The Morgan fingerprint density at radius 2 is 2.00 bits per heavy atom. The summed E-state index contributed by atoms with van der Waals surface area (Å²) in [7, 11) is 0. The third kappa shape index (κ3) is 3.20. The van der Waals surface area contributed by atoms with Crippen molar-refractivity contribution >= 4 is 45.2 Å². The maximum Gasteiger partial charge on any atom is 0.257 e. The highest BCUT2D eigenvalue weighted by Gasteiger charge is 2.09. The fourth-order valence-corrected chi connectivity index (χ4v) is 3.10. The molecule has 6 nitrogen and oxygen atoms in total. The Morgan fingerprint density at radius 1 is 1.19 bits per heavy atom. The van der Waals surface area contributed by atoms with Gasteiger partial charge in [-0.05, 0) is 30.3 Å². The molecule has 0 atom stereocenters. The minimum absolute atomic E-state index is 0.0781. The molecule has 0 saturated carbocycles. The number of carbonyl (C=O) groups is 1. The molecule has 2 aromatic heterocycles. The minimum atomic E-state index is -0.218. The highest BCUT2D eigenvalue weighted by molar-refractivity contribution is 7.13. The van der Waals surface area contributed by atoms with Crippen LogP contribution < -0.4 is 5.32 Å². The summed E-state index contributed by atoms with van der Waals surface area (Å²) in [5.74, 6) is -0.140. The van der Waals surface area contributed by atoms with Crippen molar-refractivity contribution in [2.45, 2.75) is 0 Å². The predicted molar refractivity (Wildman–Crippen MR) is 104 cm³/mol. The van der Waals surface area contributed by atoms with E-state index in [0.29, 0.717) is 21.9 Å². The molecule has 1 amide bonds. The van der Waals surface area contributed by atoms with Gasteiger partial charge in [0.15, 0.2) is 11.0 Å². The number of anilines is 1. The number of nitrogens with zero attached hydrogens (tertiary/aromatic N) is 2. The number of amides is 1. The number of para-hydroxylation sites is 1. The molecule has 0 spiro atoms. The van der Waals surface area contributed by atoms with Crippen LogP contribution in [0.2, 0.25) is 0 Å². The zero-order valence-corrected chi connectivity index (χ0v) is 14.3. The van der Waals surface area contributed by atoms with Gasteiger partial charge in [-0.25, -0.2) is 4.98 Å². The molecule has 0 fully saturated rings. The van der Waals surface area contributed by atoms with Gasteiger partial charge in [-0.1, -0.05) is 18.2 Å². The lowest BCUT2D eigenvalue weighted by Gasteiger charge is -2.02. The average molecular weight is 362 g/mol. The number of thiazole rings is 1. The molecule has 26 heavy (non-hydrogen) atoms. The number of fused-ring (bicyclic) bond motifs is 1. The summed E-state index contributed by atoms with van der Waals surface area (Å²) in [6.07, 6.45) is 3.25. The van der Waals surface area contributed by atoms with Gasteiger partial charge in [0.1, 0.15) is 0 Å². The van der Waals surface area contributed by atoms with Crippen molar-refractivity contribution in [3.05, 3.63) is 71.2 Å². The Bertz CT molecular complexity index is 1080. The maximum absolute atomic E-state index is 12.1. The summed E-state index contributed by atoms with van der Waals surface area (Å²) in [6, 6.07) is 14.5. The molecule has 3 N–H and O–H groups in total. The Balaban J connectivity index is 1.52. The van der Waals surface area contributed by atoms with E-state index in [-0.39, 0.29) is 11.8 Å². The highest BCUT2D eigenvalue weighted by Crippen LogP contribution is 2.26. The van der Waals surface area contributed by atoms with Crippen LogP contribution in [0.4, 0.5) is 10.8 Å². The Hall–Kier alpha value is -3.45. The summed E-state index contributed by atoms with van der Waals surface area (Å²) >= 11 is 1.36. The van der Waals surface area contributed by atoms with Crippen LogP contribution in [0.1, 0.15) is 15.9 Å². The average Bonchev–Trinajstić information content (AvgIpc) is 3.27. The summed E-state index contributed by atoms with van der Waals surface area (Å²) in [5.41, 5.74) is 2.68. The summed E-state index contributed by atoms with van der Waals surface area (Å²) in [6.45, 7) is 0. The van der Waals surface area contributed by atoms with Crippen molar-refractivity contribution in [3.63, 3.8) is 0 Å². The zero-order valence-electron chi connectivity index (χ0n) is 13.5. The molecule has 0 radical (unpaired) electrons. The van der Waals surface area contributed by atoms with Crippen molar-refractivity contribution in [1.82, 2.24) is 9.97 Å². The van der Waals surface area contributed by atoms with Crippen LogP contribution in [-0.2, 0) is 0 Å². The summed E-state index contributed by atoms with van der Waals surface area (Å²) < 4.78 is 0. The van der Waals surface area contributed by atoms with Crippen LogP contribution in [0.15, 0.2) is 65.1 Å². The molecule has 0 saturated heterocycles. The van der Waals surface area contributed by atoms with Gasteiger partial charge in [0.05, 0.1) is 11.3 Å². The van der Waals surface area contributed by atoms with Crippen LogP contribution >= 0.6 is 11.3 Å². The van der Waals surface area contributed by atoms with Gasteiger partial charge in [0.25, 0.3) is 5.91 Å². The van der Waals surface area contributed by atoms with Gasteiger partial charge in [-0.2, -0.15) is 0 Å². The largest absolute Gasteiger partial charge is 0.494 e. The zero-order chi connectivity index (χ0) is 17.9. The van der Waals surface area contributed by atoms with Gasteiger partial charge in [-0.3, -0.25) is 15.1 Å². The third-order valence-electron chi connectivity index (χ3n) is 3.85. The number of nitrogens with one attached hydrogen (secondary N) is 2. The van der Waals surface area contributed by atoms with E-state index in [1.165, 1.54) is 11.3 Å². The lowest BCUT2D eigenvalue weighted by atomic mass is 10.2. The molecular formula is C19H14N4O2S. The number of aliphatic imine (C=N–C) groups is 1. The smallest absolute Gasteiger partial charge is 0.257 e. The summed E-state index contributed by atoms with van der Waals surface area (Å²) in [4.78, 5) is 23.5. The molecule has 128 valence electrons. The van der Waals surface area contributed by atoms with E-state index in [0.717, 1.165) is 10.9 Å². The number of aromatic hydroxyl groups is 1. The first-order valence-corrected chi connectivity index (χ1v) is 8.73. The maximum atomic E-state index is 12.1. The number of rotatable bonds is 4. The minimum Gasteiger partial charge on any atom is -0.494 e. The SMILES string of the molecule is O=C(Nc1nccs1)c1ccc(N=Cc2c(O)[nH]c3ccccc23)cc1. The number of aromatic amines is 1. The predicted octanol–water partition coefficient (Wildman–Crippen LogP) is 4.33. The first kappa shape index (κ1) is 16.0. The lowest BCUT2D eigenvalue weighted by Crippen LogP contribution is -2.11. The summed E-state index contributed by atoms with van der Waals surface area (Å²) in [5, 5.41) is 16.0. The lowest BCUT2D eigenvalue weighted by molar-refractivity contribution is 0.102. The van der Waals surface area contributed by atoms with Gasteiger partial charge in [0.2, 0.25) is 0 Å². The van der Waals surface area contributed by atoms with E-state index in [1.54, 1.807) is 42.1 Å². The Kier molecular flexibility index (Phi) is 4.20. The van der Waals surface area contributed by atoms with E-state index in [9.17, 15) is 9.90 Å². The molecule has 0 aliphatic rings. The number of aromatic nitrogens is 2. The van der Waals surface area contributed by atoms with Crippen LogP contribution in [-0.4, -0.2) is 27.2 Å². The van der Waals surface area contributed by atoms with E-state index in [4.69, 9.17) is 0 Å². The molecule has 7 heteroatoms. The molecule has 4 rings (SSSR count). The van der Waals surface area contributed by atoms with Crippen molar-refractivity contribution in [2.75, 3.05) is 5.32 Å². The normalized spacial score (nSPS) is 11.2. The Morgan fingerprint density at radius 3 is 2.77 bits per heavy atom. The van der Waals surface area contributed by atoms with E-state index >= 15 is 0 Å².